The Kier molecular flexibility index (Phi) is 5.42. The minimum Gasteiger partial charge on any atom is -0.355 e. The molecule has 0 spiro atoms. The van der Waals surface area contributed by atoms with Crippen molar-refractivity contribution in [2.24, 2.45) is 5.92 Å². The Hall–Kier alpha value is -2.70. The highest BCUT2D eigenvalue weighted by atomic mass is 16.5. The van der Waals surface area contributed by atoms with E-state index in [4.69, 9.17) is 4.52 Å². The van der Waals surface area contributed by atoms with Gasteiger partial charge in [-0.15, -0.1) is 0 Å². The van der Waals surface area contributed by atoms with E-state index in [1.807, 2.05) is 37.3 Å². The van der Waals surface area contributed by atoms with Crippen LogP contribution in [-0.2, 0) is 16.0 Å². The molecule has 7 heteroatoms. The number of rotatable bonds is 6. The molecule has 2 heterocycles. The first kappa shape index (κ1) is 17.1. The van der Waals surface area contributed by atoms with Crippen molar-refractivity contribution in [3.63, 3.8) is 0 Å². The van der Waals surface area contributed by atoms with Crippen molar-refractivity contribution in [2.45, 2.75) is 26.2 Å². The van der Waals surface area contributed by atoms with Crippen molar-refractivity contribution in [3.05, 3.63) is 36.2 Å². The van der Waals surface area contributed by atoms with Gasteiger partial charge in [0.25, 0.3) is 5.89 Å². The predicted molar refractivity (Wildman–Crippen MR) is 91.4 cm³/mol. The molecule has 1 aromatic heterocycles. The van der Waals surface area contributed by atoms with Crippen LogP contribution in [0.3, 0.4) is 0 Å². The van der Waals surface area contributed by atoms with Crippen molar-refractivity contribution >= 4 is 11.8 Å². The fourth-order valence-electron chi connectivity index (χ4n) is 2.93. The summed E-state index contributed by atoms with van der Waals surface area (Å²) in [5.74, 6) is 1.02. The zero-order valence-electron chi connectivity index (χ0n) is 14.3. The van der Waals surface area contributed by atoms with Crippen molar-refractivity contribution < 1.29 is 14.1 Å². The molecule has 2 amide bonds. The number of amides is 2. The first-order valence-corrected chi connectivity index (χ1v) is 8.61. The van der Waals surface area contributed by atoms with Gasteiger partial charge in [0.15, 0.2) is 5.82 Å². The molecule has 1 aliphatic heterocycles. The average molecular weight is 342 g/mol. The van der Waals surface area contributed by atoms with Gasteiger partial charge in [-0.2, -0.15) is 4.98 Å². The molecule has 2 aromatic rings. The first-order chi connectivity index (χ1) is 12.2. The number of nitrogens with one attached hydrogen (secondary N) is 1. The molecule has 1 atom stereocenters. The molecular formula is C18H22N4O3. The number of carbonyl (C=O) groups excluding carboxylic acids is 2. The highest BCUT2D eigenvalue weighted by molar-refractivity contribution is 5.83. The number of aromatic nitrogens is 2. The van der Waals surface area contributed by atoms with Gasteiger partial charge in [-0.3, -0.25) is 9.59 Å². The Morgan fingerprint density at radius 2 is 2.16 bits per heavy atom. The van der Waals surface area contributed by atoms with E-state index in [9.17, 15) is 9.59 Å². The third kappa shape index (κ3) is 4.23. The molecule has 1 saturated heterocycles. The lowest BCUT2D eigenvalue weighted by Gasteiger charge is -2.30. The largest absolute Gasteiger partial charge is 0.355 e. The summed E-state index contributed by atoms with van der Waals surface area (Å²) in [5, 5.41) is 6.86. The Bertz CT molecular complexity index is 729. The molecule has 7 nitrogen and oxygen atoms in total. The monoisotopic (exact) mass is 342 g/mol. The highest BCUT2D eigenvalue weighted by Crippen LogP contribution is 2.18. The van der Waals surface area contributed by atoms with Gasteiger partial charge in [0.1, 0.15) is 0 Å². The van der Waals surface area contributed by atoms with Crippen LogP contribution >= 0.6 is 0 Å². The number of hydrogen-bond acceptors (Lipinski definition) is 5. The number of carbonyl (C=O) groups is 2. The lowest BCUT2D eigenvalue weighted by atomic mass is 9.96. The van der Waals surface area contributed by atoms with Gasteiger partial charge in [0, 0.05) is 38.0 Å². The molecule has 0 bridgehead atoms. The van der Waals surface area contributed by atoms with Gasteiger partial charge in [-0.1, -0.05) is 23.4 Å². The zero-order chi connectivity index (χ0) is 17.6. The Morgan fingerprint density at radius 1 is 1.36 bits per heavy atom. The van der Waals surface area contributed by atoms with E-state index in [0.29, 0.717) is 50.6 Å². The van der Waals surface area contributed by atoms with E-state index < -0.39 is 0 Å². The Morgan fingerprint density at radius 3 is 2.92 bits per heavy atom. The SMILES string of the molecule is CCN1C[C@H](C(=O)NCCc2noc(-c3ccccc3)n2)CCC1=O. The van der Waals surface area contributed by atoms with Gasteiger partial charge >= 0.3 is 0 Å². The van der Waals surface area contributed by atoms with Crippen LogP contribution in [0, 0.1) is 5.92 Å². The number of hydrogen-bond donors (Lipinski definition) is 1. The van der Waals surface area contributed by atoms with Crippen LogP contribution in [0.15, 0.2) is 34.9 Å². The molecular weight excluding hydrogens is 320 g/mol. The molecule has 1 N–H and O–H groups in total. The predicted octanol–water partition coefficient (Wildman–Crippen LogP) is 1.65. The van der Waals surface area contributed by atoms with E-state index in [1.165, 1.54) is 0 Å². The van der Waals surface area contributed by atoms with Crippen LogP contribution in [0.1, 0.15) is 25.6 Å². The van der Waals surface area contributed by atoms with Gasteiger partial charge in [0.05, 0.1) is 5.92 Å². The topological polar surface area (TPSA) is 88.3 Å². The second kappa shape index (κ2) is 7.92. The minimum atomic E-state index is -0.136. The summed E-state index contributed by atoms with van der Waals surface area (Å²) in [7, 11) is 0. The highest BCUT2D eigenvalue weighted by Gasteiger charge is 2.29. The second-order valence-corrected chi connectivity index (χ2v) is 6.09. The van der Waals surface area contributed by atoms with Crippen molar-refractivity contribution in [1.29, 1.82) is 0 Å². The maximum absolute atomic E-state index is 12.3. The number of nitrogens with zero attached hydrogens (tertiary/aromatic N) is 3. The van der Waals surface area contributed by atoms with E-state index in [-0.39, 0.29) is 17.7 Å². The van der Waals surface area contributed by atoms with E-state index >= 15 is 0 Å². The van der Waals surface area contributed by atoms with Crippen LogP contribution in [0.25, 0.3) is 11.5 Å². The second-order valence-electron chi connectivity index (χ2n) is 6.09. The summed E-state index contributed by atoms with van der Waals surface area (Å²) in [6.07, 6.45) is 1.56. The quantitative estimate of drug-likeness (QED) is 0.862. The Balaban J connectivity index is 1.47. The maximum Gasteiger partial charge on any atom is 0.257 e. The molecule has 1 fully saturated rings. The number of likely N-dealkylation sites (tertiary alicyclic amines) is 1. The van der Waals surface area contributed by atoms with Crippen LogP contribution in [0.5, 0.6) is 0 Å². The number of piperidine rings is 1. The molecule has 0 aliphatic carbocycles. The lowest BCUT2D eigenvalue weighted by molar-refractivity contribution is -0.138. The fraction of sp³-hybridized carbons (Fsp3) is 0.444. The Labute approximate surface area is 146 Å². The van der Waals surface area contributed by atoms with Gasteiger partial charge in [0.2, 0.25) is 11.8 Å². The van der Waals surface area contributed by atoms with Crippen molar-refractivity contribution in [1.82, 2.24) is 20.4 Å². The third-order valence-corrected chi connectivity index (χ3v) is 4.39. The van der Waals surface area contributed by atoms with E-state index in [0.717, 1.165) is 5.56 Å². The average Bonchev–Trinajstić information content (AvgIpc) is 3.11. The first-order valence-electron chi connectivity index (χ1n) is 8.61. The summed E-state index contributed by atoms with van der Waals surface area (Å²) >= 11 is 0. The van der Waals surface area contributed by atoms with E-state index in [2.05, 4.69) is 15.5 Å². The molecule has 25 heavy (non-hydrogen) atoms. The molecule has 132 valence electrons. The maximum atomic E-state index is 12.3. The van der Waals surface area contributed by atoms with Crippen molar-refractivity contribution in [2.75, 3.05) is 19.6 Å². The molecule has 0 saturated carbocycles. The summed E-state index contributed by atoms with van der Waals surface area (Å²) in [6, 6.07) is 9.56. The fourth-order valence-corrected chi connectivity index (χ4v) is 2.93. The summed E-state index contributed by atoms with van der Waals surface area (Å²) in [6.45, 7) is 3.52. The number of benzene rings is 1. The molecule has 1 aromatic carbocycles. The van der Waals surface area contributed by atoms with Gasteiger partial charge in [-0.25, -0.2) is 0 Å². The van der Waals surface area contributed by atoms with Crippen LogP contribution < -0.4 is 5.32 Å². The lowest BCUT2D eigenvalue weighted by Crippen LogP contribution is -2.45. The zero-order valence-corrected chi connectivity index (χ0v) is 14.3. The van der Waals surface area contributed by atoms with Crippen molar-refractivity contribution in [3.8, 4) is 11.5 Å². The van der Waals surface area contributed by atoms with Gasteiger partial charge in [-0.05, 0) is 25.5 Å². The summed E-state index contributed by atoms with van der Waals surface area (Å²) in [5.41, 5.74) is 0.872. The van der Waals surface area contributed by atoms with Crippen LogP contribution in [0.2, 0.25) is 0 Å². The molecule has 1 aliphatic rings. The normalized spacial score (nSPS) is 17.6. The van der Waals surface area contributed by atoms with Gasteiger partial charge < -0.3 is 14.7 Å². The van der Waals surface area contributed by atoms with E-state index in [1.54, 1.807) is 4.90 Å². The minimum absolute atomic E-state index is 0.0160. The summed E-state index contributed by atoms with van der Waals surface area (Å²) < 4.78 is 5.25. The summed E-state index contributed by atoms with van der Waals surface area (Å²) in [4.78, 5) is 30.0. The molecule has 0 unspecified atom stereocenters. The standard InChI is InChI=1S/C18H22N4O3/c1-2-22-12-14(8-9-16(22)23)17(24)19-11-10-15-20-18(25-21-15)13-6-4-3-5-7-13/h3-7,14H,2,8-12H2,1H3,(H,19,24)/t14-/m1/s1. The molecule has 0 radical (unpaired) electrons. The smallest absolute Gasteiger partial charge is 0.257 e. The molecule has 3 rings (SSSR count). The third-order valence-electron chi connectivity index (χ3n) is 4.39. The van der Waals surface area contributed by atoms with Crippen LogP contribution in [-0.4, -0.2) is 46.5 Å². The van der Waals surface area contributed by atoms with Crippen LogP contribution in [0.4, 0.5) is 0 Å².